The van der Waals surface area contributed by atoms with Crippen molar-refractivity contribution >= 4 is 46.0 Å². The maximum Gasteiger partial charge on any atom is 0.165 e. The van der Waals surface area contributed by atoms with Crippen molar-refractivity contribution in [3.63, 3.8) is 0 Å². The van der Waals surface area contributed by atoms with Crippen LogP contribution in [0.5, 0.6) is 0 Å². The molecule has 1 aliphatic rings. The molecule has 0 aromatic heterocycles. The Morgan fingerprint density at radius 2 is 1.65 bits per heavy atom. The van der Waals surface area contributed by atoms with Crippen LogP contribution in [-0.4, -0.2) is 27.6 Å². The van der Waals surface area contributed by atoms with E-state index in [1.807, 2.05) is 0 Å². The van der Waals surface area contributed by atoms with E-state index in [4.69, 9.17) is 21.1 Å². The molecule has 1 heterocycles. The van der Waals surface area contributed by atoms with Crippen LogP contribution in [0.15, 0.2) is 70.9 Å². The maximum absolute atomic E-state index is 7.05. The van der Waals surface area contributed by atoms with Crippen molar-refractivity contribution in [2.45, 2.75) is 51.4 Å². The van der Waals surface area contributed by atoms with E-state index in [0.29, 0.717) is 11.6 Å². The summed E-state index contributed by atoms with van der Waals surface area (Å²) < 4.78 is 11.8. The third kappa shape index (κ3) is 5.35. The molecule has 164 valence electrons. The molecule has 3 rings (SSSR count). The van der Waals surface area contributed by atoms with Crippen LogP contribution in [0.25, 0.3) is 0 Å². The van der Waals surface area contributed by atoms with E-state index in [0.717, 1.165) is 31.1 Å². The summed E-state index contributed by atoms with van der Waals surface area (Å²) in [5.74, 6) is 3.37. The fourth-order valence-electron chi connectivity index (χ4n) is 4.57. The molecule has 1 saturated heterocycles. The van der Waals surface area contributed by atoms with E-state index in [1.54, 1.807) is 0 Å². The van der Waals surface area contributed by atoms with E-state index in [2.05, 4.69) is 108 Å². The maximum atomic E-state index is 7.05. The quantitative estimate of drug-likeness (QED) is 0.347. The molecule has 2 aromatic rings. The summed E-state index contributed by atoms with van der Waals surface area (Å²) in [4.78, 5) is 2.97. The minimum atomic E-state index is -2.63. The lowest BCUT2D eigenvalue weighted by Crippen LogP contribution is -2.66. The van der Waals surface area contributed by atoms with Crippen LogP contribution >= 0.6 is 27.5 Å². The topological polar surface area (TPSA) is 18.5 Å². The zero-order valence-corrected chi connectivity index (χ0v) is 21.8. The molecule has 0 spiro atoms. The van der Waals surface area contributed by atoms with Gasteiger partial charge >= 0.3 is 0 Å². The Kier molecular flexibility index (Phi) is 8.61. The summed E-state index contributed by atoms with van der Waals surface area (Å²) >= 11 is 10.4. The van der Waals surface area contributed by atoms with Crippen molar-refractivity contribution in [3.05, 3.63) is 70.9 Å². The molecule has 0 bridgehead atoms. The Balaban J connectivity index is 2.20. The zero-order valence-electron chi connectivity index (χ0n) is 18.5. The first-order chi connectivity index (χ1) is 14.9. The molecule has 2 aromatic carbocycles. The fourth-order valence-corrected chi connectivity index (χ4v) is 11.0. The van der Waals surface area contributed by atoms with Crippen LogP contribution in [0.1, 0.15) is 40.0 Å². The van der Waals surface area contributed by atoms with E-state index in [1.165, 1.54) is 10.4 Å². The molecular formula is C26H30BrClO2Si. The normalized spacial score (nSPS) is 18.0. The van der Waals surface area contributed by atoms with Crippen molar-refractivity contribution in [1.29, 1.82) is 0 Å². The van der Waals surface area contributed by atoms with Crippen molar-refractivity contribution in [2.75, 3.05) is 13.2 Å². The van der Waals surface area contributed by atoms with Gasteiger partial charge in [0.15, 0.2) is 14.4 Å². The summed E-state index contributed by atoms with van der Waals surface area (Å²) in [6, 6.07) is 21.4. The lowest BCUT2D eigenvalue weighted by Gasteiger charge is -2.44. The molecule has 31 heavy (non-hydrogen) atoms. The largest absolute Gasteiger partial charge is 0.353 e. The molecule has 0 radical (unpaired) electrons. The van der Waals surface area contributed by atoms with Gasteiger partial charge in [-0.1, -0.05) is 99.0 Å². The van der Waals surface area contributed by atoms with Gasteiger partial charge < -0.3 is 9.47 Å². The van der Waals surface area contributed by atoms with Gasteiger partial charge in [0.25, 0.3) is 0 Å². The molecular weight excluding hydrogens is 488 g/mol. The number of rotatable bonds is 6. The van der Waals surface area contributed by atoms with Crippen LogP contribution in [0, 0.1) is 10.8 Å². The fraction of sp³-hybridized carbons (Fsp3) is 0.385. The molecule has 0 saturated carbocycles. The summed E-state index contributed by atoms with van der Waals surface area (Å²) in [6.45, 7) is 7.93. The van der Waals surface area contributed by atoms with Gasteiger partial charge in [0.2, 0.25) is 0 Å². The predicted molar refractivity (Wildman–Crippen MR) is 137 cm³/mol. The number of benzene rings is 2. The molecule has 0 aliphatic carbocycles. The van der Waals surface area contributed by atoms with Gasteiger partial charge in [-0.3, -0.25) is 0 Å². The van der Waals surface area contributed by atoms with Crippen molar-refractivity contribution in [1.82, 2.24) is 0 Å². The Bertz CT molecular complexity index is 897. The van der Waals surface area contributed by atoms with Gasteiger partial charge in [-0.25, -0.2) is 0 Å². The molecule has 2 nitrogen and oxygen atoms in total. The number of allylic oxidation sites excluding steroid dienone is 1. The lowest BCUT2D eigenvalue weighted by atomic mass is 10.2. The van der Waals surface area contributed by atoms with Crippen LogP contribution in [-0.2, 0) is 9.47 Å². The first-order valence-corrected chi connectivity index (χ1v) is 13.9. The third-order valence-corrected chi connectivity index (χ3v) is 12.4. The van der Waals surface area contributed by atoms with Crippen LogP contribution in [0.4, 0.5) is 0 Å². The first kappa shape index (κ1) is 24.3. The molecule has 1 atom stereocenters. The van der Waals surface area contributed by atoms with Gasteiger partial charge in [-0.05, 0) is 39.5 Å². The van der Waals surface area contributed by atoms with Gasteiger partial charge in [-0.2, -0.15) is 0 Å². The van der Waals surface area contributed by atoms with E-state index in [9.17, 15) is 0 Å². The van der Waals surface area contributed by atoms with Crippen LogP contribution in [0.2, 0.25) is 5.04 Å². The molecule has 5 heteroatoms. The molecule has 1 fully saturated rings. The SMILES string of the molecule is CC(C)(C)[Si](/C(C#CBr)=C(/Cl)COC1CCCCO1)(c1ccccc1)c1ccccc1. The Morgan fingerprint density at radius 3 is 2.10 bits per heavy atom. The second-order valence-corrected chi connectivity index (χ2v) is 14.3. The average Bonchev–Trinajstić information content (AvgIpc) is 2.78. The van der Waals surface area contributed by atoms with E-state index in [-0.39, 0.29) is 11.3 Å². The van der Waals surface area contributed by atoms with Crippen LogP contribution in [0.3, 0.4) is 0 Å². The standard InChI is InChI=1S/C26H30BrClO2Si/c1-26(2,3)31(21-12-6-4-7-13-21,22-14-8-5-9-15-22)24(17-18-27)23(28)20-30-25-16-10-11-19-29-25/h4-9,12-15,25H,10-11,16,19-20H2,1-3H3/b24-23+. The summed E-state index contributed by atoms with van der Waals surface area (Å²) in [5.41, 5.74) is 0. The Hall–Kier alpha value is -1.35. The smallest absolute Gasteiger partial charge is 0.165 e. The minimum absolute atomic E-state index is 0.0939. The highest BCUT2D eigenvalue weighted by Gasteiger charge is 2.51. The monoisotopic (exact) mass is 516 g/mol. The highest BCUT2D eigenvalue weighted by Crippen LogP contribution is 2.42. The lowest BCUT2D eigenvalue weighted by molar-refractivity contribution is -0.156. The van der Waals surface area contributed by atoms with Crippen molar-refractivity contribution in [3.8, 4) is 10.8 Å². The van der Waals surface area contributed by atoms with Gasteiger partial charge in [-0.15, -0.1) is 0 Å². The Labute approximate surface area is 201 Å². The van der Waals surface area contributed by atoms with Crippen molar-refractivity contribution < 1.29 is 9.47 Å². The van der Waals surface area contributed by atoms with Gasteiger partial charge in [0.1, 0.15) is 0 Å². The summed E-state index contributed by atoms with van der Waals surface area (Å²) in [6.07, 6.45) is 2.92. The predicted octanol–water partition coefficient (Wildman–Crippen LogP) is 5.98. The highest BCUT2D eigenvalue weighted by molar-refractivity contribution is 9.12. The highest BCUT2D eigenvalue weighted by atomic mass is 79.9. The summed E-state index contributed by atoms with van der Waals surface area (Å²) in [7, 11) is -2.63. The number of hydrogen-bond donors (Lipinski definition) is 0. The zero-order chi connectivity index (χ0) is 22.3. The second-order valence-electron chi connectivity index (χ2n) is 8.84. The molecule has 0 N–H and O–H groups in total. The van der Waals surface area contributed by atoms with Gasteiger partial charge in [0, 0.05) is 27.7 Å². The molecule has 1 aliphatic heterocycles. The molecule has 1 unspecified atom stereocenters. The first-order valence-electron chi connectivity index (χ1n) is 10.8. The Morgan fingerprint density at radius 1 is 1.06 bits per heavy atom. The van der Waals surface area contributed by atoms with Crippen molar-refractivity contribution in [2.24, 2.45) is 0 Å². The number of halogens is 2. The van der Waals surface area contributed by atoms with Gasteiger partial charge in [0.05, 0.1) is 11.6 Å². The van der Waals surface area contributed by atoms with E-state index >= 15 is 0 Å². The average molecular weight is 518 g/mol. The minimum Gasteiger partial charge on any atom is -0.353 e. The summed E-state index contributed by atoms with van der Waals surface area (Å²) in [5, 5.41) is 4.11. The molecule has 0 amide bonds. The number of hydrogen-bond acceptors (Lipinski definition) is 2. The second kappa shape index (κ2) is 11.0. The van der Waals surface area contributed by atoms with Crippen LogP contribution < -0.4 is 10.4 Å². The van der Waals surface area contributed by atoms with E-state index < -0.39 is 8.07 Å². The number of ether oxygens (including phenoxy) is 2. The third-order valence-electron chi connectivity index (χ3n) is 5.89.